The first-order valence-electron chi connectivity index (χ1n) is 5.61. The molecule has 1 aromatic rings. The maximum atomic E-state index is 11.7. The Balaban J connectivity index is 1.92. The topological polar surface area (TPSA) is 49.3 Å². The number of carbonyl (C=O) groups is 1. The number of benzene rings is 1. The normalized spacial score (nSPS) is 16.9. The predicted molar refractivity (Wildman–Crippen MR) is 62.1 cm³/mol. The second kappa shape index (κ2) is 4.26. The van der Waals surface area contributed by atoms with Crippen LogP contribution in [0.3, 0.4) is 0 Å². The molecule has 3 heteroatoms. The summed E-state index contributed by atoms with van der Waals surface area (Å²) in [5.74, 6) is -0.00264. The molecule has 0 heterocycles. The third kappa shape index (κ3) is 2.61. The second-order valence-electron chi connectivity index (χ2n) is 4.65. The van der Waals surface area contributed by atoms with Crippen molar-refractivity contribution >= 4 is 5.91 Å². The number of amides is 1. The van der Waals surface area contributed by atoms with Crippen molar-refractivity contribution in [1.82, 2.24) is 5.32 Å². The molecule has 1 aliphatic carbocycles. The Morgan fingerprint density at radius 2 is 2.25 bits per heavy atom. The lowest BCUT2D eigenvalue weighted by Crippen LogP contribution is -2.40. The van der Waals surface area contributed by atoms with E-state index in [0.717, 1.165) is 24.0 Å². The lowest BCUT2D eigenvalue weighted by Gasteiger charge is -2.14. The van der Waals surface area contributed by atoms with Gasteiger partial charge in [-0.05, 0) is 25.3 Å². The standard InChI is InChI=1S/C13H17NO2/c1-10-3-2-4-11(7-10)8-12(16)14-13(9-15)5-6-13/h2-4,7,15H,5-6,8-9H2,1H3,(H,14,16). The van der Waals surface area contributed by atoms with Crippen LogP contribution in [0, 0.1) is 6.92 Å². The van der Waals surface area contributed by atoms with Gasteiger partial charge in [0.05, 0.1) is 18.6 Å². The molecule has 2 rings (SSSR count). The van der Waals surface area contributed by atoms with E-state index in [-0.39, 0.29) is 18.1 Å². The molecule has 0 unspecified atom stereocenters. The molecule has 3 nitrogen and oxygen atoms in total. The van der Waals surface area contributed by atoms with E-state index in [9.17, 15) is 4.79 Å². The minimum absolute atomic E-state index is 0.00264. The van der Waals surface area contributed by atoms with Crippen LogP contribution in [0.25, 0.3) is 0 Å². The molecule has 1 amide bonds. The number of hydrogen-bond donors (Lipinski definition) is 2. The van der Waals surface area contributed by atoms with Crippen LogP contribution < -0.4 is 5.32 Å². The monoisotopic (exact) mass is 219 g/mol. The van der Waals surface area contributed by atoms with Gasteiger partial charge in [-0.25, -0.2) is 0 Å². The number of aryl methyl sites for hydroxylation is 1. The van der Waals surface area contributed by atoms with E-state index in [1.165, 1.54) is 0 Å². The van der Waals surface area contributed by atoms with Crippen LogP contribution in [0.4, 0.5) is 0 Å². The van der Waals surface area contributed by atoms with Gasteiger partial charge < -0.3 is 10.4 Å². The first kappa shape index (κ1) is 11.1. The molecule has 1 aromatic carbocycles. The molecular weight excluding hydrogens is 202 g/mol. The van der Waals surface area contributed by atoms with E-state index in [1.807, 2.05) is 31.2 Å². The molecule has 0 bridgehead atoms. The Labute approximate surface area is 95.5 Å². The van der Waals surface area contributed by atoms with Gasteiger partial charge in [-0.3, -0.25) is 4.79 Å². The van der Waals surface area contributed by atoms with Gasteiger partial charge in [0.25, 0.3) is 0 Å². The maximum Gasteiger partial charge on any atom is 0.224 e. The van der Waals surface area contributed by atoms with Crippen LogP contribution in [0.15, 0.2) is 24.3 Å². The second-order valence-corrected chi connectivity index (χ2v) is 4.65. The number of aliphatic hydroxyl groups is 1. The molecular formula is C13H17NO2. The Bertz CT molecular complexity index is 397. The largest absolute Gasteiger partial charge is 0.394 e. The van der Waals surface area contributed by atoms with Gasteiger partial charge >= 0.3 is 0 Å². The summed E-state index contributed by atoms with van der Waals surface area (Å²) in [5, 5.41) is 12.0. The van der Waals surface area contributed by atoms with Crippen molar-refractivity contribution in [2.75, 3.05) is 6.61 Å². The summed E-state index contributed by atoms with van der Waals surface area (Å²) in [5.41, 5.74) is 1.88. The fourth-order valence-corrected chi connectivity index (χ4v) is 1.82. The molecule has 16 heavy (non-hydrogen) atoms. The van der Waals surface area contributed by atoms with E-state index in [2.05, 4.69) is 5.32 Å². The van der Waals surface area contributed by atoms with E-state index in [1.54, 1.807) is 0 Å². The highest BCUT2D eigenvalue weighted by atomic mass is 16.3. The minimum Gasteiger partial charge on any atom is -0.394 e. The molecule has 2 N–H and O–H groups in total. The molecule has 86 valence electrons. The third-order valence-electron chi connectivity index (χ3n) is 3.01. The number of aliphatic hydroxyl groups excluding tert-OH is 1. The fraction of sp³-hybridized carbons (Fsp3) is 0.462. The van der Waals surface area contributed by atoms with Gasteiger partial charge in [0.1, 0.15) is 0 Å². The Kier molecular flexibility index (Phi) is 2.97. The Morgan fingerprint density at radius 3 is 2.81 bits per heavy atom. The molecule has 0 saturated heterocycles. The zero-order valence-corrected chi connectivity index (χ0v) is 9.49. The molecule has 1 aliphatic rings. The number of rotatable bonds is 4. The van der Waals surface area contributed by atoms with Crippen molar-refractivity contribution in [3.8, 4) is 0 Å². The molecule has 1 saturated carbocycles. The summed E-state index contributed by atoms with van der Waals surface area (Å²) < 4.78 is 0. The predicted octanol–water partition coefficient (Wildman–Crippen LogP) is 1.18. The van der Waals surface area contributed by atoms with Crippen LogP contribution >= 0.6 is 0 Å². The lowest BCUT2D eigenvalue weighted by atomic mass is 10.1. The van der Waals surface area contributed by atoms with Crippen LogP contribution in [0.5, 0.6) is 0 Å². The van der Waals surface area contributed by atoms with Gasteiger partial charge in [-0.1, -0.05) is 29.8 Å². The summed E-state index contributed by atoms with van der Waals surface area (Å²) in [6.45, 7) is 2.06. The average molecular weight is 219 g/mol. The third-order valence-corrected chi connectivity index (χ3v) is 3.01. The lowest BCUT2D eigenvalue weighted by molar-refractivity contribution is -0.121. The van der Waals surface area contributed by atoms with Crippen molar-refractivity contribution in [3.63, 3.8) is 0 Å². The van der Waals surface area contributed by atoms with E-state index < -0.39 is 0 Å². The Morgan fingerprint density at radius 1 is 1.50 bits per heavy atom. The first-order chi connectivity index (χ1) is 7.63. The van der Waals surface area contributed by atoms with Crippen molar-refractivity contribution < 1.29 is 9.90 Å². The molecule has 0 radical (unpaired) electrons. The summed E-state index contributed by atoms with van der Waals surface area (Å²) in [6, 6.07) is 7.93. The summed E-state index contributed by atoms with van der Waals surface area (Å²) >= 11 is 0. The van der Waals surface area contributed by atoms with Crippen LogP contribution in [-0.2, 0) is 11.2 Å². The molecule has 0 aromatic heterocycles. The number of nitrogens with one attached hydrogen (secondary N) is 1. The van der Waals surface area contributed by atoms with Gasteiger partial charge in [0.15, 0.2) is 0 Å². The smallest absolute Gasteiger partial charge is 0.224 e. The van der Waals surface area contributed by atoms with Crippen LogP contribution in [0.2, 0.25) is 0 Å². The van der Waals surface area contributed by atoms with Gasteiger partial charge in [-0.2, -0.15) is 0 Å². The molecule has 0 aliphatic heterocycles. The summed E-state index contributed by atoms with van der Waals surface area (Å²) in [4.78, 5) is 11.7. The average Bonchev–Trinajstić information content (AvgIpc) is 2.98. The first-order valence-corrected chi connectivity index (χ1v) is 5.61. The quantitative estimate of drug-likeness (QED) is 0.799. The molecule has 0 atom stereocenters. The van der Waals surface area contributed by atoms with Gasteiger partial charge in [-0.15, -0.1) is 0 Å². The zero-order chi connectivity index (χ0) is 11.6. The van der Waals surface area contributed by atoms with Gasteiger partial charge in [0.2, 0.25) is 5.91 Å². The highest BCUT2D eigenvalue weighted by Crippen LogP contribution is 2.34. The number of hydrogen-bond acceptors (Lipinski definition) is 2. The van der Waals surface area contributed by atoms with Crippen molar-refractivity contribution in [3.05, 3.63) is 35.4 Å². The van der Waals surface area contributed by atoms with Crippen LogP contribution in [-0.4, -0.2) is 23.2 Å². The molecule has 0 spiro atoms. The Hall–Kier alpha value is -1.35. The number of carbonyl (C=O) groups excluding carboxylic acids is 1. The van der Waals surface area contributed by atoms with Crippen molar-refractivity contribution in [1.29, 1.82) is 0 Å². The fourth-order valence-electron chi connectivity index (χ4n) is 1.82. The highest BCUT2D eigenvalue weighted by molar-refractivity contribution is 5.79. The molecule has 1 fully saturated rings. The SMILES string of the molecule is Cc1cccc(CC(=O)NC2(CO)CC2)c1. The summed E-state index contributed by atoms with van der Waals surface area (Å²) in [6.07, 6.45) is 2.18. The van der Waals surface area contributed by atoms with E-state index >= 15 is 0 Å². The van der Waals surface area contributed by atoms with Gasteiger partial charge in [0, 0.05) is 0 Å². The summed E-state index contributed by atoms with van der Waals surface area (Å²) in [7, 11) is 0. The zero-order valence-electron chi connectivity index (χ0n) is 9.49. The van der Waals surface area contributed by atoms with Crippen LogP contribution in [0.1, 0.15) is 24.0 Å². The highest BCUT2D eigenvalue weighted by Gasteiger charge is 2.43. The minimum atomic E-state index is -0.305. The van der Waals surface area contributed by atoms with Crippen molar-refractivity contribution in [2.45, 2.75) is 31.7 Å². The van der Waals surface area contributed by atoms with E-state index in [4.69, 9.17) is 5.11 Å². The van der Waals surface area contributed by atoms with E-state index in [0.29, 0.717) is 6.42 Å². The van der Waals surface area contributed by atoms with Crippen molar-refractivity contribution in [2.24, 2.45) is 0 Å². The maximum absolute atomic E-state index is 11.7.